The third-order valence-electron chi connectivity index (χ3n) is 0.980. The maximum Gasteiger partial charge on any atom is 0.110 e. The normalized spacial score (nSPS) is 17.4. The highest BCUT2D eigenvalue weighted by Crippen LogP contribution is 2.21. The minimum absolute atomic E-state index is 1.02. The molecule has 7 heavy (non-hydrogen) atoms. The summed E-state index contributed by atoms with van der Waals surface area (Å²) in [5.41, 5.74) is 1.32. The lowest BCUT2D eigenvalue weighted by molar-refractivity contribution is 1.13. The zero-order chi connectivity index (χ0) is 5.28. The van der Waals surface area contributed by atoms with Crippen LogP contribution in [0.1, 0.15) is 13.3 Å². The molecule has 1 nitrogen and oxygen atoms in total. The molecule has 0 aromatic heterocycles. The van der Waals surface area contributed by atoms with Crippen LogP contribution in [-0.4, -0.2) is 6.21 Å². The number of aliphatic imine (C=N–C) groups is 1. The monoisotopic (exact) mass is 159 g/mol. The Morgan fingerprint density at radius 1 is 1.86 bits per heavy atom. The molecule has 0 aromatic rings. The SMILES string of the molecule is CCC1=C(Br)N=C1. The van der Waals surface area contributed by atoms with E-state index in [-0.39, 0.29) is 0 Å². The Morgan fingerprint density at radius 3 is 2.57 bits per heavy atom. The summed E-state index contributed by atoms with van der Waals surface area (Å²) in [5, 5.41) is 0. The first-order valence-corrected chi connectivity index (χ1v) is 3.06. The van der Waals surface area contributed by atoms with Crippen LogP contribution >= 0.6 is 15.9 Å². The fraction of sp³-hybridized carbons (Fsp3) is 0.400. The van der Waals surface area contributed by atoms with Crippen LogP contribution < -0.4 is 0 Å². The maximum atomic E-state index is 3.89. The number of rotatable bonds is 1. The van der Waals surface area contributed by atoms with Crippen molar-refractivity contribution in [2.24, 2.45) is 4.99 Å². The van der Waals surface area contributed by atoms with Crippen LogP contribution in [0.2, 0.25) is 0 Å². The van der Waals surface area contributed by atoms with Gasteiger partial charge in [-0.25, -0.2) is 4.99 Å². The fourth-order valence-electron chi connectivity index (χ4n) is 0.442. The van der Waals surface area contributed by atoms with Gasteiger partial charge in [-0.2, -0.15) is 0 Å². The smallest absolute Gasteiger partial charge is 0.110 e. The molecule has 2 heteroatoms. The molecule has 0 amide bonds. The average Bonchev–Trinajstić information content (AvgIpc) is 1.65. The summed E-state index contributed by atoms with van der Waals surface area (Å²) < 4.78 is 1.02. The highest BCUT2D eigenvalue weighted by atomic mass is 79.9. The van der Waals surface area contributed by atoms with E-state index in [1.807, 2.05) is 6.21 Å². The summed E-state index contributed by atoms with van der Waals surface area (Å²) in [7, 11) is 0. The van der Waals surface area contributed by atoms with E-state index in [0.29, 0.717) is 0 Å². The highest BCUT2D eigenvalue weighted by Gasteiger charge is 2.03. The number of nitrogens with zero attached hydrogens (tertiary/aromatic N) is 1. The predicted octanol–water partition coefficient (Wildman–Crippen LogP) is 2.09. The van der Waals surface area contributed by atoms with Gasteiger partial charge in [0.2, 0.25) is 0 Å². The zero-order valence-electron chi connectivity index (χ0n) is 4.11. The molecule has 0 aromatic carbocycles. The Kier molecular flexibility index (Phi) is 1.28. The number of allylic oxidation sites excluding steroid dienone is 1. The predicted molar refractivity (Wildman–Crippen MR) is 34.7 cm³/mol. The lowest BCUT2D eigenvalue weighted by Crippen LogP contribution is -1.93. The zero-order valence-corrected chi connectivity index (χ0v) is 5.70. The van der Waals surface area contributed by atoms with Gasteiger partial charge in [0.1, 0.15) is 4.61 Å². The summed E-state index contributed by atoms with van der Waals surface area (Å²) in [4.78, 5) is 3.89. The Morgan fingerprint density at radius 2 is 2.57 bits per heavy atom. The quantitative estimate of drug-likeness (QED) is 0.520. The molecule has 0 spiro atoms. The van der Waals surface area contributed by atoms with Crippen LogP contribution in [0.4, 0.5) is 0 Å². The molecule has 38 valence electrons. The molecule has 1 heterocycles. The second-order valence-electron chi connectivity index (χ2n) is 1.43. The van der Waals surface area contributed by atoms with Gasteiger partial charge in [0, 0.05) is 11.8 Å². The lowest BCUT2D eigenvalue weighted by atomic mass is 10.2. The fourth-order valence-corrected chi connectivity index (χ4v) is 0.927. The van der Waals surface area contributed by atoms with Crippen LogP contribution in [0.3, 0.4) is 0 Å². The Labute approximate surface area is 51.3 Å². The van der Waals surface area contributed by atoms with E-state index in [2.05, 4.69) is 27.8 Å². The van der Waals surface area contributed by atoms with E-state index >= 15 is 0 Å². The minimum atomic E-state index is 1.02. The lowest BCUT2D eigenvalue weighted by Gasteiger charge is -2.05. The molecule has 0 aliphatic carbocycles. The van der Waals surface area contributed by atoms with Crippen molar-refractivity contribution in [3.05, 3.63) is 10.2 Å². The van der Waals surface area contributed by atoms with Crippen LogP contribution in [0.15, 0.2) is 15.2 Å². The largest absolute Gasteiger partial charge is 0.249 e. The average molecular weight is 160 g/mol. The molecule has 0 radical (unpaired) electrons. The molecule has 0 N–H and O–H groups in total. The van der Waals surface area contributed by atoms with E-state index in [9.17, 15) is 0 Å². The van der Waals surface area contributed by atoms with Gasteiger partial charge in [0.25, 0.3) is 0 Å². The summed E-state index contributed by atoms with van der Waals surface area (Å²) in [5.74, 6) is 0. The van der Waals surface area contributed by atoms with Gasteiger partial charge < -0.3 is 0 Å². The third kappa shape index (κ3) is 0.752. The first kappa shape index (κ1) is 5.04. The standard InChI is InChI=1S/C5H6BrN/c1-2-4-3-7-5(4)6/h3H,2H2,1H3. The minimum Gasteiger partial charge on any atom is -0.249 e. The maximum absolute atomic E-state index is 3.89. The number of halogens is 1. The molecule has 0 fully saturated rings. The summed E-state index contributed by atoms with van der Waals surface area (Å²) in [6.45, 7) is 2.11. The topological polar surface area (TPSA) is 12.4 Å². The van der Waals surface area contributed by atoms with E-state index in [1.54, 1.807) is 0 Å². The van der Waals surface area contributed by atoms with Gasteiger partial charge in [0.05, 0.1) is 0 Å². The van der Waals surface area contributed by atoms with Crippen molar-refractivity contribution in [2.75, 3.05) is 0 Å². The molecule has 0 bridgehead atoms. The molecule has 0 saturated heterocycles. The molecule has 1 rings (SSSR count). The Balaban J connectivity index is 2.56. The Hall–Kier alpha value is -0.110. The molecule has 1 aliphatic heterocycles. The molecule has 0 unspecified atom stereocenters. The second kappa shape index (κ2) is 1.78. The van der Waals surface area contributed by atoms with E-state index in [0.717, 1.165) is 11.0 Å². The molecular formula is C5H6BrN. The van der Waals surface area contributed by atoms with Gasteiger partial charge >= 0.3 is 0 Å². The van der Waals surface area contributed by atoms with E-state index in [4.69, 9.17) is 0 Å². The number of hydrogen-bond acceptors (Lipinski definition) is 1. The van der Waals surface area contributed by atoms with Crippen molar-refractivity contribution < 1.29 is 0 Å². The van der Waals surface area contributed by atoms with Crippen LogP contribution in [-0.2, 0) is 0 Å². The Bertz CT molecular complexity index is 135. The third-order valence-corrected chi connectivity index (χ3v) is 1.69. The van der Waals surface area contributed by atoms with Gasteiger partial charge in [-0.1, -0.05) is 6.92 Å². The van der Waals surface area contributed by atoms with Crippen LogP contribution in [0.25, 0.3) is 0 Å². The van der Waals surface area contributed by atoms with Crippen LogP contribution in [0, 0.1) is 0 Å². The molecular weight excluding hydrogens is 154 g/mol. The molecule has 0 saturated carbocycles. The summed E-state index contributed by atoms with van der Waals surface area (Å²) >= 11 is 3.27. The van der Waals surface area contributed by atoms with Crippen molar-refractivity contribution in [1.29, 1.82) is 0 Å². The van der Waals surface area contributed by atoms with Crippen molar-refractivity contribution in [3.63, 3.8) is 0 Å². The van der Waals surface area contributed by atoms with Crippen molar-refractivity contribution in [2.45, 2.75) is 13.3 Å². The first-order chi connectivity index (χ1) is 3.34. The van der Waals surface area contributed by atoms with Crippen LogP contribution in [0.5, 0.6) is 0 Å². The first-order valence-electron chi connectivity index (χ1n) is 2.27. The summed E-state index contributed by atoms with van der Waals surface area (Å²) in [6.07, 6.45) is 2.97. The van der Waals surface area contributed by atoms with E-state index < -0.39 is 0 Å². The molecule has 1 aliphatic rings. The van der Waals surface area contributed by atoms with Gasteiger partial charge in [0.15, 0.2) is 0 Å². The van der Waals surface area contributed by atoms with E-state index in [1.165, 1.54) is 5.57 Å². The highest BCUT2D eigenvalue weighted by molar-refractivity contribution is 9.11. The summed E-state index contributed by atoms with van der Waals surface area (Å²) in [6, 6.07) is 0. The van der Waals surface area contributed by atoms with Crippen molar-refractivity contribution in [1.82, 2.24) is 0 Å². The second-order valence-corrected chi connectivity index (χ2v) is 2.18. The number of hydrogen-bond donors (Lipinski definition) is 0. The molecule has 0 atom stereocenters. The van der Waals surface area contributed by atoms with Crippen molar-refractivity contribution >= 4 is 22.1 Å². The van der Waals surface area contributed by atoms with Gasteiger partial charge in [-0.05, 0) is 22.4 Å². The van der Waals surface area contributed by atoms with Gasteiger partial charge in [-0.15, -0.1) is 0 Å². The van der Waals surface area contributed by atoms with Crippen molar-refractivity contribution in [3.8, 4) is 0 Å². The van der Waals surface area contributed by atoms with Gasteiger partial charge in [-0.3, -0.25) is 0 Å².